The predicted octanol–water partition coefficient (Wildman–Crippen LogP) is 1.71. The van der Waals surface area contributed by atoms with Gasteiger partial charge in [-0.1, -0.05) is 0 Å². The first-order valence-electron chi connectivity index (χ1n) is 5.57. The van der Waals surface area contributed by atoms with Gasteiger partial charge in [0.25, 0.3) is 0 Å². The first kappa shape index (κ1) is 12.3. The maximum atomic E-state index is 5.33. The highest BCUT2D eigenvalue weighted by atomic mass is 16.5. The Balaban J connectivity index is 2.12. The van der Waals surface area contributed by atoms with Crippen molar-refractivity contribution in [3.05, 3.63) is 36.7 Å². The van der Waals surface area contributed by atoms with Gasteiger partial charge in [-0.2, -0.15) is 0 Å². The molecule has 0 amide bonds. The normalized spacial score (nSPS) is 10.1. The second-order valence-corrected chi connectivity index (χ2v) is 3.61. The molecule has 0 saturated heterocycles. The molecule has 1 aromatic carbocycles. The molecule has 2 aromatic rings. The van der Waals surface area contributed by atoms with Gasteiger partial charge in [0.05, 0.1) is 19.5 Å². The highest BCUT2D eigenvalue weighted by molar-refractivity contribution is 5.56. The quantitative estimate of drug-likeness (QED) is 0.813. The Bertz CT molecular complexity index is 483. The van der Waals surface area contributed by atoms with E-state index < -0.39 is 0 Å². The zero-order valence-corrected chi connectivity index (χ0v) is 10.4. The molecule has 1 N–H and O–H groups in total. The number of nitrogens with one attached hydrogen (secondary N) is 1. The van der Waals surface area contributed by atoms with Crippen LogP contribution in [0.1, 0.15) is 0 Å². The molecule has 0 atom stereocenters. The monoisotopic (exact) mass is 245 g/mol. The van der Waals surface area contributed by atoms with Gasteiger partial charge in [-0.15, -0.1) is 0 Å². The van der Waals surface area contributed by atoms with Crippen LogP contribution in [-0.2, 0) is 0 Å². The smallest absolute Gasteiger partial charge is 0.159 e. The second-order valence-electron chi connectivity index (χ2n) is 3.61. The highest BCUT2D eigenvalue weighted by Gasteiger charge is 2.02. The van der Waals surface area contributed by atoms with Crippen molar-refractivity contribution in [2.75, 3.05) is 20.9 Å². The van der Waals surface area contributed by atoms with Gasteiger partial charge in [0, 0.05) is 5.56 Å². The van der Waals surface area contributed by atoms with Crippen LogP contribution in [0.3, 0.4) is 0 Å². The third-order valence-corrected chi connectivity index (χ3v) is 2.36. The minimum Gasteiger partial charge on any atom is -0.497 e. The summed E-state index contributed by atoms with van der Waals surface area (Å²) in [6, 6.07) is 7.60. The van der Waals surface area contributed by atoms with Crippen molar-refractivity contribution >= 4 is 0 Å². The summed E-state index contributed by atoms with van der Waals surface area (Å²) in [5, 5.41) is 2.88. The topological polar surface area (TPSA) is 56.3 Å². The van der Waals surface area contributed by atoms with Gasteiger partial charge in [0.1, 0.15) is 12.5 Å². The van der Waals surface area contributed by atoms with E-state index in [0.717, 1.165) is 11.3 Å². The van der Waals surface area contributed by atoms with Crippen molar-refractivity contribution in [2.24, 2.45) is 0 Å². The Morgan fingerprint density at radius 1 is 1.06 bits per heavy atom. The van der Waals surface area contributed by atoms with Gasteiger partial charge >= 0.3 is 0 Å². The molecule has 0 unspecified atom stereocenters. The second kappa shape index (κ2) is 5.97. The number of aromatic nitrogens is 2. The van der Waals surface area contributed by atoms with Crippen molar-refractivity contribution < 1.29 is 9.47 Å². The van der Waals surface area contributed by atoms with E-state index >= 15 is 0 Å². The molecule has 0 fully saturated rings. The van der Waals surface area contributed by atoms with Crippen LogP contribution in [-0.4, -0.2) is 30.9 Å². The third-order valence-electron chi connectivity index (χ3n) is 2.36. The van der Waals surface area contributed by atoms with Crippen molar-refractivity contribution in [3.63, 3.8) is 0 Å². The van der Waals surface area contributed by atoms with Crippen molar-refractivity contribution in [3.8, 4) is 22.9 Å². The van der Waals surface area contributed by atoms with Crippen LogP contribution in [0.25, 0.3) is 11.4 Å². The molecule has 5 nitrogen and oxygen atoms in total. The number of methoxy groups -OCH3 is 1. The molecular weight excluding hydrogens is 230 g/mol. The molecule has 5 heteroatoms. The van der Waals surface area contributed by atoms with E-state index in [0.29, 0.717) is 18.3 Å². The van der Waals surface area contributed by atoms with Gasteiger partial charge in [-0.05, 0) is 31.3 Å². The van der Waals surface area contributed by atoms with E-state index in [1.807, 2.05) is 31.3 Å². The first-order valence-corrected chi connectivity index (χ1v) is 5.57. The van der Waals surface area contributed by atoms with E-state index in [2.05, 4.69) is 15.3 Å². The lowest BCUT2D eigenvalue weighted by molar-refractivity contribution is 0.294. The van der Waals surface area contributed by atoms with Gasteiger partial charge in [0.15, 0.2) is 11.6 Å². The number of hydrogen-bond acceptors (Lipinski definition) is 5. The lowest BCUT2D eigenvalue weighted by atomic mass is 10.2. The number of ether oxygens (including phenoxy) is 2. The van der Waals surface area contributed by atoms with Crippen LogP contribution in [0.5, 0.6) is 11.5 Å². The summed E-state index contributed by atoms with van der Waals surface area (Å²) in [6.07, 6.45) is 3.31. The average molecular weight is 245 g/mol. The van der Waals surface area contributed by atoms with E-state index in [9.17, 15) is 0 Å². The Labute approximate surface area is 106 Å². The summed E-state index contributed by atoms with van der Waals surface area (Å²) in [6.45, 7) is 0.436. The summed E-state index contributed by atoms with van der Waals surface area (Å²) in [5.74, 6) is 2.11. The van der Waals surface area contributed by atoms with Crippen molar-refractivity contribution in [1.29, 1.82) is 0 Å². The molecular formula is C13H15N3O2. The number of hydrogen-bond donors (Lipinski definition) is 1. The van der Waals surface area contributed by atoms with Crippen LogP contribution in [0.15, 0.2) is 36.7 Å². The molecule has 0 spiro atoms. The summed E-state index contributed by atoms with van der Waals surface area (Å²) in [5.41, 5.74) is 0.941. The molecule has 0 saturated carbocycles. The Morgan fingerprint density at radius 2 is 1.72 bits per heavy atom. The summed E-state index contributed by atoms with van der Waals surface area (Å²) in [4.78, 5) is 8.51. The number of nitrogens with zero attached hydrogens (tertiary/aromatic N) is 2. The van der Waals surface area contributed by atoms with E-state index in [4.69, 9.17) is 9.47 Å². The molecule has 94 valence electrons. The first-order chi connectivity index (χ1) is 8.83. The maximum absolute atomic E-state index is 5.33. The fraction of sp³-hybridized carbons (Fsp3) is 0.231. The van der Waals surface area contributed by atoms with Crippen LogP contribution >= 0.6 is 0 Å². The summed E-state index contributed by atoms with van der Waals surface area (Å²) >= 11 is 0. The SMILES string of the molecule is CNCOc1cnc(-c2ccc(OC)cc2)nc1. The number of benzene rings is 1. The fourth-order valence-corrected chi connectivity index (χ4v) is 1.44. The molecule has 0 bridgehead atoms. The van der Waals surface area contributed by atoms with Crippen LogP contribution in [0, 0.1) is 0 Å². The standard InChI is InChI=1S/C13H15N3O2/c1-14-9-18-12-7-15-13(16-8-12)10-3-5-11(17-2)6-4-10/h3-8,14H,9H2,1-2H3. The zero-order valence-electron chi connectivity index (χ0n) is 10.4. The van der Waals surface area contributed by atoms with Gasteiger partial charge < -0.3 is 9.47 Å². The predicted molar refractivity (Wildman–Crippen MR) is 68.6 cm³/mol. The fourth-order valence-electron chi connectivity index (χ4n) is 1.44. The zero-order chi connectivity index (χ0) is 12.8. The molecule has 1 heterocycles. The Hall–Kier alpha value is -2.14. The van der Waals surface area contributed by atoms with E-state index in [-0.39, 0.29) is 0 Å². The molecule has 0 aliphatic carbocycles. The van der Waals surface area contributed by atoms with Crippen LogP contribution in [0.4, 0.5) is 0 Å². The van der Waals surface area contributed by atoms with Crippen LogP contribution in [0.2, 0.25) is 0 Å². The minimum absolute atomic E-state index is 0.436. The summed E-state index contributed by atoms with van der Waals surface area (Å²) < 4.78 is 10.4. The highest BCUT2D eigenvalue weighted by Crippen LogP contribution is 2.19. The average Bonchev–Trinajstić information content (AvgIpc) is 2.46. The van der Waals surface area contributed by atoms with Crippen LogP contribution < -0.4 is 14.8 Å². The van der Waals surface area contributed by atoms with Crippen molar-refractivity contribution in [1.82, 2.24) is 15.3 Å². The minimum atomic E-state index is 0.436. The van der Waals surface area contributed by atoms with Gasteiger partial charge in [-0.25, -0.2) is 9.97 Å². The maximum Gasteiger partial charge on any atom is 0.159 e. The van der Waals surface area contributed by atoms with Gasteiger partial charge in [-0.3, -0.25) is 5.32 Å². The third kappa shape index (κ3) is 2.95. The van der Waals surface area contributed by atoms with Gasteiger partial charge in [0.2, 0.25) is 0 Å². The molecule has 18 heavy (non-hydrogen) atoms. The van der Waals surface area contributed by atoms with Crippen molar-refractivity contribution in [2.45, 2.75) is 0 Å². The molecule has 0 aliphatic rings. The summed E-state index contributed by atoms with van der Waals surface area (Å²) in [7, 11) is 3.45. The molecule has 0 radical (unpaired) electrons. The molecule has 0 aliphatic heterocycles. The molecule has 2 rings (SSSR count). The Kier molecular flexibility index (Phi) is 4.09. The largest absolute Gasteiger partial charge is 0.497 e. The van der Waals surface area contributed by atoms with E-state index in [1.54, 1.807) is 19.5 Å². The lowest BCUT2D eigenvalue weighted by Gasteiger charge is -2.05. The van der Waals surface area contributed by atoms with E-state index in [1.165, 1.54) is 0 Å². The molecule has 1 aromatic heterocycles. The lowest BCUT2D eigenvalue weighted by Crippen LogP contribution is -2.14. The Morgan fingerprint density at radius 3 is 2.28 bits per heavy atom. The number of rotatable bonds is 5.